The third kappa shape index (κ3) is 1.43. The summed E-state index contributed by atoms with van der Waals surface area (Å²) in [4.78, 5) is 15.0. The van der Waals surface area contributed by atoms with E-state index in [1.165, 1.54) is 0 Å². The molecule has 0 radical (unpaired) electrons. The number of piperidine rings is 1. The number of carbonyl (C=O) groups is 1. The molecule has 1 spiro atoms. The molecule has 2 saturated carbocycles. The molecule has 5 rings (SSSR count). The highest BCUT2D eigenvalue weighted by Crippen LogP contribution is 2.69. The van der Waals surface area contributed by atoms with Gasteiger partial charge >= 0.3 is 0 Å². The van der Waals surface area contributed by atoms with Crippen molar-refractivity contribution < 1.29 is 19.7 Å². The number of likely N-dealkylation sites (tertiary alicyclic amines) is 1. The molecule has 2 heterocycles. The van der Waals surface area contributed by atoms with Gasteiger partial charge < -0.3 is 14.9 Å². The second kappa shape index (κ2) is 4.52. The maximum atomic E-state index is 12.7. The van der Waals surface area contributed by atoms with Crippen LogP contribution in [-0.4, -0.2) is 51.7 Å². The molecule has 0 aromatic rings. The Morgan fingerprint density at radius 3 is 3.08 bits per heavy atom. The van der Waals surface area contributed by atoms with Gasteiger partial charge in [-0.2, -0.15) is 0 Å². The second-order valence-corrected chi connectivity index (χ2v) is 7.96. The molecule has 0 aromatic heterocycles. The van der Waals surface area contributed by atoms with Gasteiger partial charge in [-0.15, -0.1) is 6.58 Å². The highest BCUT2D eigenvalue weighted by atomic mass is 16.5. The minimum Gasteiger partial charge on any atom is -0.504 e. The molecule has 2 aliphatic heterocycles. The highest BCUT2D eigenvalue weighted by Gasteiger charge is 2.76. The summed E-state index contributed by atoms with van der Waals surface area (Å²) in [5.74, 6) is 0.860. The summed E-state index contributed by atoms with van der Waals surface area (Å²) in [5.41, 5.74) is -1.54. The lowest BCUT2D eigenvalue weighted by Crippen LogP contribution is -2.76. The Kier molecular flexibility index (Phi) is 2.78. The molecule has 3 aliphatic carbocycles. The van der Waals surface area contributed by atoms with Crippen molar-refractivity contribution in [3.63, 3.8) is 0 Å². The number of nitrogens with zero attached hydrogens (tertiary/aromatic N) is 1. The quantitative estimate of drug-likeness (QED) is 0.755. The molecule has 128 valence electrons. The Labute approximate surface area is 141 Å². The molecule has 2 N–H and O–H groups in total. The fraction of sp³-hybridized carbons (Fsp3) is 0.632. The predicted octanol–water partition coefficient (Wildman–Crippen LogP) is 1.70. The van der Waals surface area contributed by atoms with Crippen molar-refractivity contribution in [3.05, 3.63) is 36.3 Å². The van der Waals surface area contributed by atoms with Gasteiger partial charge in [-0.05, 0) is 37.8 Å². The number of carbonyl (C=O) groups excluding carboxylic acids is 1. The van der Waals surface area contributed by atoms with Gasteiger partial charge in [0, 0.05) is 24.9 Å². The van der Waals surface area contributed by atoms with Crippen molar-refractivity contribution in [2.24, 2.45) is 17.3 Å². The zero-order chi connectivity index (χ0) is 16.7. The van der Waals surface area contributed by atoms with Crippen molar-refractivity contribution in [3.8, 4) is 0 Å². The average molecular weight is 329 g/mol. The molecular weight excluding hydrogens is 306 g/mol. The van der Waals surface area contributed by atoms with Crippen LogP contribution in [0.15, 0.2) is 36.3 Å². The molecular formula is C19H23NO4. The molecule has 0 aromatic carbocycles. The molecule has 5 heteroatoms. The highest BCUT2D eigenvalue weighted by molar-refractivity contribution is 5.87. The van der Waals surface area contributed by atoms with Gasteiger partial charge in [0.2, 0.25) is 0 Å². The van der Waals surface area contributed by atoms with Crippen molar-refractivity contribution in [2.45, 2.75) is 43.4 Å². The van der Waals surface area contributed by atoms with E-state index >= 15 is 0 Å². The number of ketones is 1. The summed E-state index contributed by atoms with van der Waals surface area (Å²) in [6.45, 7) is 5.43. The minimum atomic E-state index is -0.943. The first-order valence-corrected chi connectivity index (χ1v) is 8.91. The summed E-state index contributed by atoms with van der Waals surface area (Å²) >= 11 is 0. The Bertz CT molecular complexity index is 697. The van der Waals surface area contributed by atoms with Gasteiger partial charge in [0.25, 0.3) is 0 Å². The molecule has 2 saturated heterocycles. The van der Waals surface area contributed by atoms with Crippen LogP contribution in [0.2, 0.25) is 0 Å². The van der Waals surface area contributed by atoms with E-state index in [0.717, 1.165) is 25.9 Å². The van der Waals surface area contributed by atoms with E-state index in [9.17, 15) is 15.0 Å². The van der Waals surface area contributed by atoms with Crippen LogP contribution in [0.1, 0.15) is 25.7 Å². The normalized spacial score (nSPS) is 49.0. The first-order chi connectivity index (χ1) is 11.5. The maximum absolute atomic E-state index is 12.7. The van der Waals surface area contributed by atoms with Gasteiger partial charge in [0.05, 0.1) is 11.0 Å². The van der Waals surface area contributed by atoms with E-state index < -0.39 is 17.1 Å². The van der Waals surface area contributed by atoms with Crippen LogP contribution in [0.4, 0.5) is 0 Å². The summed E-state index contributed by atoms with van der Waals surface area (Å²) in [6, 6.07) is 0.00828. The zero-order valence-corrected chi connectivity index (χ0v) is 13.6. The van der Waals surface area contributed by atoms with Crippen LogP contribution in [0, 0.1) is 17.3 Å². The van der Waals surface area contributed by atoms with Crippen molar-refractivity contribution in [1.29, 1.82) is 0 Å². The van der Waals surface area contributed by atoms with E-state index in [1.54, 1.807) is 6.08 Å². The van der Waals surface area contributed by atoms with Crippen LogP contribution < -0.4 is 0 Å². The molecule has 0 amide bonds. The van der Waals surface area contributed by atoms with Crippen molar-refractivity contribution in [2.75, 3.05) is 13.1 Å². The largest absolute Gasteiger partial charge is 0.504 e. The number of hydrogen-bond donors (Lipinski definition) is 2. The number of Topliss-reactive ketones (excluding diaryl/α,β-unsaturated/α-hetero) is 1. The number of aliphatic hydroxyl groups excluding tert-OH is 1. The molecule has 5 aliphatic rings. The van der Waals surface area contributed by atoms with Crippen molar-refractivity contribution >= 4 is 5.78 Å². The second-order valence-electron chi connectivity index (χ2n) is 7.96. The summed E-state index contributed by atoms with van der Waals surface area (Å²) in [6.07, 6.45) is 7.40. The lowest BCUT2D eigenvalue weighted by Gasteiger charge is -2.65. The number of rotatable bonds is 2. The third-order valence-electron chi connectivity index (χ3n) is 7.25. The van der Waals surface area contributed by atoms with E-state index in [2.05, 4.69) is 11.5 Å². The SMILES string of the molecule is C=CCN1CCC23C4OC5=C(O)C=CC(CC1C2(O)CCC4=O)C53. The van der Waals surface area contributed by atoms with Crippen LogP contribution in [0.3, 0.4) is 0 Å². The van der Waals surface area contributed by atoms with E-state index in [0.29, 0.717) is 18.6 Å². The molecule has 6 unspecified atom stereocenters. The van der Waals surface area contributed by atoms with Gasteiger partial charge in [0.1, 0.15) is 5.76 Å². The number of aliphatic hydroxyl groups is 2. The van der Waals surface area contributed by atoms with Gasteiger partial charge in [0.15, 0.2) is 17.6 Å². The molecule has 5 nitrogen and oxygen atoms in total. The summed E-state index contributed by atoms with van der Waals surface area (Å²) < 4.78 is 6.04. The topological polar surface area (TPSA) is 70.0 Å². The van der Waals surface area contributed by atoms with Crippen LogP contribution in [-0.2, 0) is 9.53 Å². The molecule has 24 heavy (non-hydrogen) atoms. The minimum absolute atomic E-state index is 0.00828. The molecule has 2 bridgehead atoms. The Morgan fingerprint density at radius 1 is 1.46 bits per heavy atom. The lowest BCUT2D eigenvalue weighted by atomic mass is 9.44. The van der Waals surface area contributed by atoms with Gasteiger partial charge in [-0.25, -0.2) is 0 Å². The van der Waals surface area contributed by atoms with E-state index in [-0.39, 0.29) is 29.4 Å². The van der Waals surface area contributed by atoms with Gasteiger partial charge in [-0.1, -0.05) is 12.2 Å². The van der Waals surface area contributed by atoms with Crippen LogP contribution in [0.25, 0.3) is 0 Å². The Morgan fingerprint density at radius 2 is 2.29 bits per heavy atom. The number of hydrogen-bond acceptors (Lipinski definition) is 5. The number of allylic oxidation sites excluding steroid dienone is 3. The monoisotopic (exact) mass is 329 g/mol. The first kappa shape index (κ1) is 14.7. The zero-order valence-electron chi connectivity index (χ0n) is 13.6. The van der Waals surface area contributed by atoms with Crippen LogP contribution >= 0.6 is 0 Å². The predicted molar refractivity (Wildman–Crippen MR) is 87.1 cm³/mol. The average Bonchev–Trinajstić information content (AvgIpc) is 2.91. The number of ether oxygens (including phenoxy) is 1. The van der Waals surface area contributed by atoms with Crippen LogP contribution in [0.5, 0.6) is 0 Å². The van der Waals surface area contributed by atoms with Gasteiger partial charge in [-0.3, -0.25) is 9.69 Å². The molecule has 4 fully saturated rings. The summed E-state index contributed by atoms with van der Waals surface area (Å²) in [5, 5.41) is 22.2. The van der Waals surface area contributed by atoms with Crippen molar-refractivity contribution in [1.82, 2.24) is 4.90 Å². The Balaban J connectivity index is 1.72. The fourth-order valence-electron chi connectivity index (χ4n) is 6.40. The fourth-order valence-corrected chi connectivity index (χ4v) is 6.40. The lowest BCUT2D eigenvalue weighted by molar-refractivity contribution is -0.242. The van der Waals surface area contributed by atoms with E-state index in [4.69, 9.17) is 4.74 Å². The van der Waals surface area contributed by atoms with E-state index in [1.807, 2.05) is 12.2 Å². The Hall–Kier alpha value is -1.59. The summed E-state index contributed by atoms with van der Waals surface area (Å²) in [7, 11) is 0. The third-order valence-corrected chi connectivity index (χ3v) is 7.25. The maximum Gasteiger partial charge on any atom is 0.174 e. The smallest absolute Gasteiger partial charge is 0.174 e. The molecule has 6 atom stereocenters. The first-order valence-electron chi connectivity index (χ1n) is 8.91. The standard InChI is InChI=1S/C19H23NO4/c1-2-8-20-9-7-18-15-11-3-4-12(21)16(15)24-17(18)13(22)5-6-19(18,23)14(20)10-11/h2-4,11,14-15,17,21,23H,1,5-10H2.